The molecule has 1 nitrogen and oxygen atoms in total. The van der Waals surface area contributed by atoms with E-state index in [9.17, 15) is 0 Å². The van der Waals surface area contributed by atoms with Crippen LogP contribution in [-0.2, 0) is 17.1 Å². The van der Waals surface area contributed by atoms with Crippen LogP contribution in [0.3, 0.4) is 0 Å². The SMILES string of the molecule is O.[Ca].[Mn].[Pr]. The Morgan fingerprint density at radius 2 is 1.00 bits per heavy atom. The van der Waals surface area contributed by atoms with Crippen molar-refractivity contribution in [3.63, 3.8) is 0 Å². The van der Waals surface area contributed by atoms with Crippen LogP contribution in [0.15, 0.2) is 0 Å². The van der Waals surface area contributed by atoms with Crippen LogP contribution in [0.5, 0.6) is 0 Å². The first-order chi connectivity index (χ1) is 0. The Labute approximate surface area is 99.0 Å². The fourth-order valence-corrected chi connectivity index (χ4v) is 0. The van der Waals surface area contributed by atoms with Crippen molar-refractivity contribution in [3.8, 4) is 0 Å². The van der Waals surface area contributed by atoms with E-state index in [0.29, 0.717) is 0 Å². The number of hydrogen-bond acceptors (Lipinski definition) is 0. The smallest absolute Gasteiger partial charge is 0 e. The summed E-state index contributed by atoms with van der Waals surface area (Å²) in [6, 6.07) is 0. The molecule has 0 aliphatic carbocycles. The van der Waals surface area contributed by atoms with Gasteiger partial charge in [-0.05, 0) is 0 Å². The monoisotopic (exact) mass is 254 g/mol. The Morgan fingerprint density at radius 1 is 1.00 bits per heavy atom. The summed E-state index contributed by atoms with van der Waals surface area (Å²) < 4.78 is 0. The Morgan fingerprint density at radius 3 is 1.00 bits per heavy atom. The Hall–Kier alpha value is 3.10. The molecule has 0 atom stereocenters. The Bertz CT molecular complexity index is 8.00. The van der Waals surface area contributed by atoms with Crippen LogP contribution in [0, 0.1) is 41.3 Å². The summed E-state index contributed by atoms with van der Waals surface area (Å²) in [5.74, 6) is 0. The molecule has 2 N–H and O–H groups in total. The molecule has 0 aromatic carbocycles. The van der Waals surface area contributed by atoms with Crippen molar-refractivity contribution >= 4 is 37.7 Å². The van der Waals surface area contributed by atoms with Crippen LogP contribution in [0.25, 0.3) is 0 Å². The Balaban J connectivity index is 0. The van der Waals surface area contributed by atoms with Gasteiger partial charge in [0, 0.05) is 96.1 Å². The molecule has 0 unspecified atom stereocenters. The third-order valence-corrected chi connectivity index (χ3v) is 0. The predicted molar refractivity (Wildman–Crippen MR) is 9.37 cm³/mol. The van der Waals surface area contributed by atoms with Crippen LogP contribution in [0.2, 0.25) is 0 Å². The zero-order valence-electron chi connectivity index (χ0n) is 2.16. The number of hydrogen-bond donors (Lipinski definition) is 0. The van der Waals surface area contributed by atoms with Gasteiger partial charge in [-0.15, -0.1) is 0 Å². The molecule has 4 heavy (non-hydrogen) atoms. The second-order valence-corrected chi connectivity index (χ2v) is 0. The molecule has 0 fully saturated rings. The van der Waals surface area contributed by atoms with Gasteiger partial charge in [0.2, 0.25) is 0 Å². The molecule has 0 rings (SSSR count). The van der Waals surface area contributed by atoms with Crippen molar-refractivity contribution in [1.29, 1.82) is 0 Å². The van der Waals surface area contributed by atoms with Gasteiger partial charge in [-0.3, -0.25) is 0 Å². The van der Waals surface area contributed by atoms with Gasteiger partial charge >= 0.3 is 0 Å². The third kappa shape index (κ3) is 8.92. The van der Waals surface area contributed by atoms with Crippen LogP contribution in [0.4, 0.5) is 0 Å². The average molecular weight is 254 g/mol. The second-order valence-electron chi connectivity index (χ2n) is 0. The van der Waals surface area contributed by atoms with E-state index in [1.165, 1.54) is 0 Å². The van der Waals surface area contributed by atoms with E-state index in [-0.39, 0.29) is 102 Å². The topological polar surface area (TPSA) is 31.5 Å². The van der Waals surface area contributed by atoms with Crippen LogP contribution in [-0.4, -0.2) is 43.2 Å². The molecule has 0 amide bonds. The molecule has 0 aliphatic rings. The zero-order valence-corrected chi connectivity index (χ0v) is 9.26. The summed E-state index contributed by atoms with van der Waals surface area (Å²) in [5.41, 5.74) is 0. The van der Waals surface area contributed by atoms with Gasteiger partial charge in [0.15, 0.2) is 0 Å². The van der Waals surface area contributed by atoms with E-state index >= 15 is 0 Å². The van der Waals surface area contributed by atoms with Gasteiger partial charge in [0.25, 0.3) is 0 Å². The summed E-state index contributed by atoms with van der Waals surface area (Å²) in [7, 11) is 0. The first-order valence-corrected chi connectivity index (χ1v) is 0. The van der Waals surface area contributed by atoms with Crippen LogP contribution < -0.4 is 0 Å². The Kier molecular flexibility index (Phi) is 113. The molecular formula is H2CaMnOPr. The van der Waals surface area contributed by atoms with Gasteiger partial charge in [-0.2, -0.15) is 0 Å². The fourth-order valence-electron chi connectivity index (χ4n) is 0. The van der Waals surface area contributed by atoms with Gasteiger partial charge in [0.05, 0.1) is 0 Å². The van der Waals surface area contributed by atoms with Crippen molar-refractivity contribution in [3.05, 3.63) is 0 Å². The van der Waals surface area contributed by atoms with Gasteiger partial charge in [-0.25, -0.2) is 0 Å². The van der Waals surface area contributed by atoms with E-state index in [1.54, 1.807) is 0 Å². The maximum absolute atomic E-state index is 0. The molecular weight excluding hydrogens is 252 g/mol. The van der Waals surface area contributed by atoms with Gasteiger partial charge in [-0.1, -0.05) is 0 Å². The minimum Gasteiger partial charge on any atom is -0.412 e. The summed E-state index contributed by atoms with van der Waals surface area (Å²) in [6.45, 7) is 0. The zero-order chi connectivity index (χ0) is 0. The van der Waals surface area contributed by atoms with E-state index < -0.39 is 0 Å². The van der Waals surface area contributed by atoms with E-state index in [4.69, 9.17) is 0 Å². The fraction of sp³-hybridized carbons (Fsp3) is 0. The molecule has 0 saturated carbocycles. The minimum absolute atomic E-state index is 0. The average Bonchev–Trinajstić information content (AvgIpc) is 0. The first-order valence-electron chi connectivity index (χ1n) is 0. The van der Waals surface area contributed by atoms with Crippen molar-refractivity contribution in [2.75, 3.05) is 0 Å². The van der Waals surface area contributed by atoms with Gasteiger partial charge in [0.1, 0.15) is 0 Å². The molecule has 4 heteroatoms. The summed E-state index contributed by atoms with van der Waals surface area (Å²) in [4.78, 5) is 0. The summed E-state index contributed by atoms with van der Waals surface area (Å²) in [5, 5.41) is 0. The van der Waals surface area contributed by atoms with Crippen molar-refractivity contribution in [2.45, 2.75) is 0 Å². The molecule has 0 aromatic heterocycles. The first kappa shape index (κ1) is 27.5. The maximum atomic E-state index is 0. The van der Waals surface area contributed by atoms with Crippen LogP contribution in [0.1, 0.15) is 0 Å². The van der Waals surface area contributed by atoms with Crippen molar-refractivity contribution < 1.29 is 63.8 Å². The molecule has 0 aromatic rings. The predicted octanol–water partition coefficient (Wildman–Crippen LogP) is -1.21. The molecule has 20 valence electrons. The summed E-state index contributed by atoms with van der Waals surface area (Å²) in [6.07, 6.45) is 0. The molecule has 0 saturated heterocycles. The van der Waals surface area contributed by atoms with E-state index in [1.807, 2.05) is 0 Å². The molecule has 4 radical (unpaired) electrons. The molecule has 0 bridgehead atoms. The molecule has 0 spiro atoms. The van der Waals surface area contributed by atoms with Crippen molar-refractivity contribution in [2.24, 2.45) is 0 Å². The standard InChI is InChI=1S/Ca.Mn.H2O.Pr/h;;1H2;. The normalized spacial score (nSPS) is 0. The van der Waals surface area contributed by atoms with E-state index in [2.05, 4.69) is 0 Å². The third-order valence-electron chi connectivity index (χ3n) is 0. The summed E-state index contributed by atoms with van der Waals surface area (Å²) >= 11 is 0. The quantitative estimate of drug-likeness (QED) is 0.486. The minimum atomic E-state index is 0. The van der Waals surface area contributed by atoms with Crippen LogP contribution >= 0.6 is 0 Å². The number of rotatable bonds is 0. The van der Waals surface area contributed by atoms with Gasteiger partial charge < -0.3 is 5.48 Å². The van der Waals surface area contributed by atoms with E-state index in [0.717, 1.165) is 0 Å². The molecule has 0 heterocycles. The molecule has 0 aliphatic heterocycles. The maximum Gasteiger partial charge on any atom is 0 e. The van der Waals surface area contributed by atoms with Crippen molar-refractivity contribution in [1.82, 2.24) is 0 Å². The second kappa shape index (κ2) is 16.5. The largest absolute Gasteiger partial charge is 0.412 e.